The van der Waals surface area contributed by atoms with Crippen molar-refractivity contribution in [3.63, 3.8) is 0 Å². The lowest BCUT2D eigenvalue weighted by Crippen LogP contribution is -2.60. The Morgan fingerprint density at radius 1 is 1.35 bits per heavy atom. The first-order valence-electron chi connectivity index (χ1n) is 11.0. The third kappa shape index (κ3) is 2.09. The fourth-order valence-electron chi connectivity index (χ4n) is 6.84. The molecule has 8 rings (SSSR count). The van der Waals surface area contributed by atoms with E-state index in [2.05, 4.69) is 9.88 Å². The van der Waals surface area contributed by atoms with Gasteiger partial charge in [-0.1, -0.05) is 6.07 Å². The lowest BCUT2D eigenvalue weighted by Gasteiger charge is -2.53. The van der Waals surface area contributed by atoms with Crippen LogP contribution >= 0.6 is 0 Å². The number of aliphatic hydroxyl groups is 1. The topological polar surface area (TPSA) is 109 Å². The second kappa shape index (κ2) is 5.55. The summed E-state index contributed by atoms with van der Waals surface area (Å²) in [6, 6.07) is 5.27. The van der Waals surface area contributed by atoms with E-state index in [1.54, 1.807) is 6.07 Å². The smallest absolute Gasteiger partial charge is 0.287 e. The largest absolute Gasteiger partial charge is 0.504 e. The summed E-state index contributed by atoms with van der Waals surface area (Å²) in [6.07, 6.45) is 4.80. The number of nitrogens with zero attached hydrogens (tertiary/aromatic N) is 3. The molecule has 8 heteroatoms. The van der Waals surface area contributed by atoms with Gasteiger partial charge in [0.25, 0.3) is 5.69 Å². The van der Waals surface area contributed by atoms with Crippen molar-refractivity contribution in [1.82, 2.24) is 9.88 Å². The predicted molar refractivity (Wildman–Crippen MR) is 109 cm³/mol. The molecule has 1 aromatic heterocycles. The Morgan fingerprint density at radius 2 is 2.19 bits per heavy atom. The van der Waals surface area contributed by atoms with E-state index in [1.807, 2.05) is 6.07 Å². The standard InChI is InChI=1S/C23H23N3O5/c27-17-4-3-15-16-9-22(28)8-13-7-14(26(29)30)10-24-19(13)21-23(22,18(15)20(17)31-21)5-6-25(16)11-12-1-2-12/h3-4,7,10,12,16,21,27-28H,1-2,5-6,8-9,11H2/t16?,21?,22-,23+/m1/s1. The Morgan fingerprint density at radius 3 is 2.97 bits per heavy atom. The van der Waals surface area contributed by atoms with E-state index in [0.29, 0.717) is 36.3 Å². The highest BCUT2D eigenvalue weighted by Crippen LogP contribution is 2.70. The molecule has 0 amide bonds. The minimum atomic E-state index is -1.11. The molecular formula is C23H23N3O5. The number of pyridine rings is 1. The van der Waals surface area contributed by atoms with Gasteiger partial charge >= 0.3 is 0 Å². The van der Waals surface area contributed by atoms with Gasteiger partial charge < -0.3 is 14.9 Å². The van der Waals surface area contributed by atoms with Crippen LogP contribution in [0.4, 0.5) is 5.69 Å². The Labute approximate surface area is 178 Å². The zero-order valence-electron chi connectivity index (χ0n) is 17.0. The fraction of sp³-hybridized carbons (Fsp3) is 0.522. The van der Waals surface area contributed by atoms with Crippen LogP contribution in [0.5, 0.6) is 11.5 Å². The summed E-state index contributed by atoms with van der Waals surface area (Å²) in [4.78, 5) is 17.9. The second-order valence-electron chi connectivity index (χ2n) is 9.96. The first kappa shape index (κ1) is 17.9. The summed E-state index contributed by atoms with van der Waals surface area (Å²) >= 11 is 0. The first-order valence-corrected chi connectivity index (χ1v) is 11.0. The third-order valence-electron chi connectivity index (χ3n) is 8.37. The Bertz CT molecular complexity index is 1160. The molecule has 1 saturated carbocycles. The van der Waals surface area contributed by atoms with Crippen molar-refractivity contribution in [3.05, 3.63) is 56.9 Å². The SMILES string of the molecule is O=[N+]([O-])c1cnc2c(c1)C[C@@]1(O)CC3c4ccc(O)c5c4[C@@]1(CCN3CC1CC1)C2O5. The molecule has 3 aliphatic heterocycles. The highest BCUT2D eigenvalue weighted by Gasteiger charge is 2.70. The number of phenolic OH excluding ortho intramolecular Hbond substituents is 1. The number of phenols is 1. The summed E-state index contributed by atoms with van der Waals surface area (Å²) in [6.45, 7) is 1.87. The number of hydrogen-bond donors (Lipinski definition) is 2. The number of aromatic hydroxyl groups is 1. The number of benzene rings is 1. The van der Waals surface area contributed by atoms with Crippen LogP contribution in [0.25, 0.3) is 0 Å². The van der Waals surface area contributed by atoms with E-state index >= 15 is 0 Å². The Hall–Kier alpha value is -2.71. The molecule has 31 heavy (non-hydrogen) atoms. The van der Waals surface area contributed by atoms with Crippen LogP contribution in [-0.4, -0.2) is 43.7 Å². The normalized spacial score (nSPS) is 34.6. The van der Waals surface area contributed by atoms with E-state index in [0.717, 1.165) is 30.1 Å². The predicted octanol–water partition coefficient (Wildman–Crippen LogP) is 2.91. The molecule has 2 unspecified atom stereocenters. The molecule has 1 saturated heterocycles. The molecule has 1 aromatic carbocycles. The van der Waals surface area contributed by atoms with E-state index < -0.39 is 22.0 Å². The zero-order chi connectivity index (χ0) is 21.1. The molecule has 2 N–H and O–H groups in total. The summed E-state index contributed by atoms with van der Waals surface area (Å²) in [5, 5.41) is 34.3. The van der Waals surface area contributed by atoms with Gasteiger partial charge in [-0.25, -0.2) is 4.98 Å². The number of hydrogen-bond acceptors (Lipinski definition) is 7. The number of ether oxygens (including phenoxy) is 1. The highest BCUT2D eigenvalue weighted by molar-refractivity contribution is 5.64. The Balaban J connectivity index is 1.47. The summed E-state index contributed by atoms with van der Waals surface area (Å²) in [7, 11) is 0. The number of nitro groups is 1. The molecule has 1 spiro atoms. The zero-order valence-corrected chi connectivity index (χ0v) is 17.0. The lowest BCUT2D eigenvalue weighted by atomic mass is 9.52. The van der Waals surface area contributed by atoms with Gasteiger partial charge in [-0.05, 0) is 55.3 Å². The molecule has 6 aliphatic rings. The molecule has 160 valence electrons. The van der Waals surface area contributed by atoms with Crippen molar-refractivity contribution in [2.24, 2.45) is 5.92 Å². The first-order chi connectivity index (χ1) is 14.9. The fourth-order valence-corrected chi connectivity index (χ4v) is 6.84. The second-order valence-corrected chi connectivity index (χ2v) is 9.96. The van der Waals surface area contributed by atoms with Gasteiger partial charge in [-0.3, -0.25) is 15.0 Å². The van der Waals surface area contributed by atoms with Gasteiger partial charge in [0.05, 0.1) is 21.6 Å². The average molecular weight is 421 g/mol. The van der Waals surface area contributed by atoms with Crippen LogP contribution in [0.3, 0.4) is 0 Å². The maximum atomic E-state index is 12.3. The van der Waals surface area contributed by atoms with Gasteiger partial charge in [-0.15, -0.1) is 0 Å². The van der Waals surface area contributed by atoms with Crippen LogP contribution in [0.1, 0.15) is 60.2 Å². The van der Waals surface area contributed by atoms with E-state index in [1.165, 1.54) is 25.1 Å². The van der Waals surface area contributed by atoms with E-state index in [-0.39, 0.29) is 17.5 Å². The maximum absolute atomic E-state index is 12.3. The van der Waals surface area contributed by atoms with E-state index in [9.17, 15) is 20.3 Å². The minimum Gasteiger partial charge on any atom is -0.504 e. The van der Waals surface area contributed by atoms with Gasteiger partial charge in [0, 0.05) is 30.6 Å². The molecule has 0 radical (unpaired) electrons. The lowest BCUT2D eigenvalue weighted by molar-refractivity contribution is -0.385. The van der Waals surface area contributed by atoms with Gasteiger partial charge in [0.2, 0.25) is 0 Å². The van der Waals surface area contributed by atoms with Gasteiger partial charge in [0.15, 0.2) is 17.6 Å². The highest BCUT2D eigenvalue weighted by atomic mass is 16.6. The molecule has 2 bridgehead atoms. The van der Waals surface area contributed by atoms with Crippen LogP contribution < -0.4 is 4.74 Å². The third-order valence-corrected chi connectivity index (χ3v) is 8.37. The maximum Gasteiger partial charge on any atom is 0.287 e. The Kier molecular flexibility index (Phi) is 3.21. The van der Waals surface area contributed by atoms with Crippen molar-refractivity contribution in [2.75, 3.05) is 13.1 Å². The van der Waals surface area contributed by atoms with Crippen LogP contribution in [-0.2, 0) is 11.8 Å². The van der Waals surface area contributed by atoms with Crippen molar-refractivity contribution >= 4 is 5.69 Å². The molecule has 3 aliphatic carbocycles. The minimum absolute atomic E-state index is 0.0473. The van der Waals surface area contributed by atoms with Crippen LogP contribution in [0.15, 0.2) is 24.4 Å². The van der Waals surface area contributed by atoms with Crippen molar-refractivity contribution < 1.29 is 19.9 Å². The van der Waals surface area contributed by atoms with Gasteiger partial charge in [0.1, 0.15) is 6.20 Å². The van der Waals surface area contributed by atoms with Crippen molar-refractivity contribution in [3.8, 4) is 11.5 Å². The van der Waals surface area contributed by atoms with E-state index in [4.69, 9.17) is 4.74 Å². The van der Waals surface area contributed by atoms with Crippen LogP contribution in [0.2, 0.25) is 0 Å². The van der Waals surface area contributed by atoms with Gasteiger partial charge in [-0.2, -0.15) is 0 Å². The molecule has 2 aromatic rings. The quantitative estimate of drug-likeness (QED) is 0.579. The molecule has 2 fully saturated rings. The number of rotatable bonds is 3. The summed E-state index contributed by atoms with van der Waals surface area (Å²) < 4.78 is 6.37. The number of aromatic nitrogens is 1. The average Bonchev–Trinajstić information content (AvgIpc) is 3.51. The van der Waals surface area contributed by atoms with Crippen molar-refractivity contribution in [2.45, 2.75) is 55.3 Å². The summed E-state index contributed by atoms with van der Waals surface area (Å²) in [5.41, 5.74) is 1.49. The molecule has 8 nitrogen and oxygen atoms in total. The molecular weight excluding hydrogens is 398 g/mol. The van der Waals surface area contributed by atoms with Crippen molar-refractivity contribution in [1.29, 1.82) is 0 Å². The summed E-state index contributed by atoms with van der Waals surface area (Å²) in [5.74, 6) is 1.25. The van der Waals surface area contributed by atoms with Crippen LogP contribution in [0, 0.1) is 16.0 Å². The molecule has 4 heterocycles. The monoisotopic (exact) mass is 421 g/mol. The molecule has 4 atom stereocenters. The number of fused-ring (bicyclic) bond motifs is 4.